The largest absolute Gasteiger partial charge is 0.384 e. The Bertz CT molecular complexity index is 219. The minimum absolute atomic E-state index is 0.813. The molecule has 1 fully saturated rings. The Hall–Kier alpha value is -0.340. The van der Waals surface area contributed by atoms with Crippen molar-refractivity contribution in [2.24, 2.45) is 11.8 Å². The number of likely N-dealkylation sites (tertiary alicyclic amines) is 1. The third-order valence-corrected chi connectivity index (χ3v) is 4.00. The highest BCUT2D eigenvalue weighted by molar-refractivity contribution is 4.91. The van der Waals surface area contributed by atoms with Gasteiger partial charge in [0.15, 0.2) is 0 Å². The van der Waals surface area contributed by atoms with Gasteiger partial charge in [-0.05, 0) is 57.0 Å². The van der Waals surface area contributed by atoms with Crippen molar-refractivity contribution in [3.05, 3.63) is 12.2 Å². The lowest BCUT2D eigenvalue weighted by atomic mass is 9.92. The summed E-state index contributed by atoms with van der Waals surface area (Å²) in [6, 6.07) is 0. The SMILES string of the molecule is COCC1CCN(C[C@@H]2CC=CCC2)CC1. The third-order valence-electron chi connectivity index (χ3n) is 4.00. The Kier molecular flexibility index (Phi) is 4.86. The van der Waals surface area contributed by atoms with E-state index in [2.05, 4.69) is 17.1 Å². The highest BCUT2D eigenvalue weighted by Crippen LogP contribution is 2.23. The predicted molar refractivity (Wildman–Crippen MR) is 67.5 cm³/mol. The Morgan fingerprint density at radius 3 is 2.56 bits per heavy atom. The van der Waals surface area contributed by atoms with Gasteiger partial charge in [0.25, 0.3) is 0 Å². The highest BCUT2D eigenvalue weighted by atomic mass is 16.5. The van der Waals surface area contributed by atoms with Gasteiger partial charge in [0.2, 0.25) is 0 Å². The van der Waals surface area contributed by atoms with E-state index in [1.807, 2.05) is 7.11 Å². The molecule has 16 heavy (non-hydrogen) atoms. The first-order chi connectivity index (χ1) is 7.88. The second-order valence-corrected chi connectivity index (χ2v) is 5.35. The van der Waals surface area contributed by atoms with Crippen LogP contribution in [0.3, 0.4) is 0 Å². The summed E-state index contributed by atoms with van der Waals surface area (Å²) in [6.45, 7) is 4.85. The molecular formula is C14H25NO. The van der Waals surface area contributed by atoms with Crippen molar-refractivity contribution in [3.8, 4) is 0 Å². The zero-order chi connectivity index (χ0) is 11.2. The Labute approximate surface area is 99.7 Å². The molecule has 0 spiro atoms. The second-order valence-electron chi connectivity index (χ2n) is 5.35. The molecule has 1 atom stereocenters. The first-order valence-corrected chi connectivity index (χ1v) is 6.74. The summed E-state index contributed by atoms with van der Waals surface area (Å²) in [5, 5.41) is 0. The monoisotopic (exact) mass is 223 g/mol. The number of hydrogen-bond acceptors (Lipinski definition) is 2. The fraction of sp³-hybridized carbons (Fsp3) is 0.857. The van der Waals surface area contributed by atoms with E-state index in [1.54, 1.807) is 0 Å². The lowest BCUT2D eigenvalue weighted by Gasteiger charge is -2.34. The summed E-state index contributed by atoms with van der Waals surface area (Å²) >= 11 is 0. The van der Waals surface area contributed by atoms with E-state index < -0.39 is 0 Å². The third kappa shape index (κ3) is 3.60. The Balaban J connectivity index is 1.66. The molecule has 0 bridgehead atoms. The number of methoxy groups -OCH3 is 1. The number of ether oxygens (including phenoxy) is 1. The van der Waals surface area contributed by atoms with Crippen molar-refractivity contribution < 1.29 is 4.74 Å². The zero-order valence-corrected chi connectivity index (χ0v) is 10.5. The summed E-state index contributed by atoms with van der Waals surface area (Å²) in [5.41, 5.74) is 0. The molecule has 1 heterocycles. The number of hydrogen-bond donors (Lipinski definition) is 0. The summed E-state index contributed by atoms with van der Waals surface area (Å²) in [7, 11) is 1.82. The maximum absolute atomic E-state index is 5.24. The van der Waals surface area contributed by atoms with Gasteiger partial charge in [-0.25, -0.2) is 0 Å². The minimum Gasteiger partial charge on any atom is -0.384 e. The molecule has 1 aliphatic heterocycles. The van der Waals surface area contributed by atoms with Gasteiger partial charge in [0.05, 0.1) is 0 Å². The maximum Gasteiger partial charge on any atom is 0.0491 e. The van der Waals surface area contributed by atoms with Gasteiger partial charge in [0, 0.05) is 20.3 Å². The van der Waals surface area contributed by atoms with Crippen molar-refractivity contribution in [2.75, 3.05) is 33.4 Å². The smallest absolute Gasteiger partial charge is 0.0491 e. The van der Waals surface area contributed by atoms with Gasteiger partial charge in [0.1, 0.15) is 0 Å². The van der Waals surface area contributed by atoms with E-state index in [0.29, 0.717) is 0 Å². The number of nitrogens with zero attached hydrogens (tertiary/aromatic N) is 1. The molecule has 92 valence electrons. The first kappa shape index (κ1) is 12.1. The molecule has 1 saturated heterocycles. The molecule has 2 rings (SSSR count). The highest BCUT2D eigenvalue weighted by Gasteiger charge is 2.21. The standard InChI is InChI=1S/C14H25NO/c1-16-12-14-7-9-15(10-8-14)11-13-5-3-2-4-6-13/h2-3,13-14H,4-12H2,1H3/t13-/m1/s1. The molecule has 0 aromatic heterocycles. The lowest BCUT2D eigenvalue weighted by molar-refractivity contribution is 0.0916. The van der Waals surface area contributed by atoms with Gasteiger partial charge < -0.3 is 9.64 Å². The van der Waals surface area contributed by atoms with Crippen molar-refractivity contribution in [1.29, 1.82) is 0 Å². The van der Waals surface area contributed by atoms with Crippen LogP contribution in [-0.2, 0) is 4.74 Å². The zero-order valence-electron chi connectivity index (χ0n) is 10.5. The second kappa shape index (κ2) is 6.41. The van der Waals surface area contributed by atoms with Gasteiger partial charge in [-0.3, -0.25) is 0 Å². The summed E-state index contributed by atoms with van der Waals surface area (Å²) < 4.78 is 5.24. The lowest BCUT2D eigenvalue weighted by Crippen LogP contribution is -2.38. The van der Waals surface area contributed by atoms with E-state index in [9.17, 15) is 0 Å². The first-order valence-electron chi connectivity index (χ1n) is 6.74. The van der Waals surface area contributed by atoms with E-state index in [1.165, 1.54) is 51.7 Å². The summed E-state index contributed by atoms with van der Waals surface area (Å²) in [4.78, 5) is 2.66. The van der Waals surface area contributed by atoms with Crippen molar-refractivity contribution in [1.82, 2.24) is 4.90 Å². The minimum atomic E-state index is 0.813. The normalized spacial score (nSPS) is 28.4. The van der Waals surface area contributed by atoms with Crippen LogP contribution in [-0.4, -0.2) is 38.3 Å². The van der Waals surface area contributed by atoms with Gasteiger partial charge in [-0.15, -0.1) is 0 Å². The maximum atomic E-state index is 5.24. The van der Waals surface area contributed by atoms with Crippen LogP contribution >= 0.6 is 0 Å². The van der Waals surface area contributed by atoms with Crippen LogP contribution in [0.5, 0.6) is 0 Å². The molecule has 0 aromatic carbocycles. The quantitative estimate of drug-likeness (QED) is 0.679. The molecule has 0 amide bonds. The fourth-order valence-corrected chi connectivity index (χ4v) is 2.96. The number of allylic oxidation sites excluding steroid dienone is 2. The average molecular weight is 223 g/mol. The van der Waals surface area contributed by atoms with Crippen LogP contribution < -0.4 is 0 Å². The van der Waals surface area contributed by atoms with E-state index in [-0.39, 0.29) is 0 Å². The summed E-state index contributed by atoms with van der Waals surface area (Å²) in [5.74, 6) is 1.73. The van der Waals surface area contributed by atoms with Crippen molar-refractivity contribution in [3.63, 3.8) is 0 Å². The van der Waals surface area contributed by atoms with Crippen LogP contribution in [0.15, 0.2) is 12.2 Å². The van der Waals surface area contributed by atoms with Gasteiger partial charge in [-0.2, -0.15) is 0 Å². The Morgan fingerprint density at radius 2 is 1.94 bits per heavy atom. The van der Waals surface area contributed by atoms with Gasteiger partial charge >= 0.3 is 0 Å². The predicted octanol–water partition coefficient (Wildman–Crippen LogP) is 2.70. The number of rotatable bonds is 4. The molecule has 2 nitrogen and oxygen atoms in total. The van der Waals surface area contributed by atoms with E-state index in [4.69, 9.17) is 4.74 Å². The molecule has 0 aromatic rings. The van der Waals surface area contributed by atoms with E-state index in [0.717, 1.165) is 18.4 Å². The molecule has 2 aliphatic rings. The van der Waals surface area contributed by atoms with Crippen molar-refractivity contribution in [2.45, 2.75) is 32.1 Å². The van der Waals surface area contributed by atoms with E-state index >= 15 is 0 Å². The molecule has 0 saturated carbocycles. The van der Waals surface area contributed by atoms with Crippen LogP contribution in [0.2, 0.25) is 0 Å². The topological polar surface area (TPSA) is 12.5 Å². The van der Waals surface area contributed by atoms with Crippen LogP contribution in [0.4, 0.5) is 0 Å². The molecular weight excluding hydrogens is 198 g/mol. The average Bonchev–Trinajstić information content (AvgIpc) is 2.33. The van der Waals surface area contributed by atoms with Crippen molar-refractivity contribution >= 4 is 0 Å². The molecule has 0 unspecified atom stereocenters. The van der Waals surface area contributed by atoms with Crippen LogP contribution in [0, 0.1) is 11.8 Å². The van der Waals surface area contributed by atoms with Gasteiger partial charge in [-0.1, -0.05) is 12.2 Å². The number of piperidine rings is 1. The molecule has 0 N–H and O–H groups in total. The Morgan fingerprint density at radius 1 is 1.12 bits per heavy atom. The molecule has 2 heteroatoms. The molecule has 0 radical (unpaired) electrons. The summed E-state index contributed by atoms with van der Waals surface area (Å²) in [6.07, 6.45) is 11.4. The fourth-order valence-electron chi connectivity index (χ4n) is 2.96. The van der Waals surface area contributed by atoms with Crippen LogP contribution in [0.1, 0.15) is 32.1 Å². The molecule has 1 aliphatic carbocycles. The van der Waals surface area contributed by atoms with Crippen LogP contribution in [0.25, 0.3) is 0 Å².